The number of halogens is 5. The minimum Gasteiger partial charge on any atom is -0.204 e. The Morgan fingerprint density at radius 3 is 2.45 bits per heavy atom. The topological polar surface area (TPSA) is 0 Å². The molecule has 11 heavy (non-hydrogen) atoms. The van der Waals surface area contributed by atoms with E-state index in [2.05, 4.69) is 15.9 Å². The van der Waals surface area contributed by atoms with Gasteiger partial charge in [-0.3, -0.25) is 0 Å². The summed E-state index contributed by atoms with van der Waals surface area (Å²) in [5.74, 6) is -1.33. The van der Waals surface area contributed by atoms with Crippen LogP contribution >= 0.6 is 50.1 Å². The maximum atomic E-state index is 12.8. The predicted molar refractivity (Wildman–Crippen MR) is 51.8 cm³/mol. The average Bonchev–Trinajstić information content (AvgIpc) is 1.97. The van der Waals surface area contributed by atoms with Gasteiger partial charge in [0.15, 0.2) is 11.6 Å². The van der Waals surface area contributed by atoms with Gasteiger partial charge in [0.1, 0.15) is 0 Å². The highest BCUT2D eigenvalue weighted by Crippen LogP contribution is 2.28. The maximum absolute atomic E-state index is 12.8. The van der Waals surface area contributed by atoms with E-state index in [-0.39, 0.29) is 13.1 Å². The standard InChI is InChI=1S/C6HBrClF2I/c7-2-1-3(8)5(10)6(11)4(2)9/h1H. The molecule has 0 amide bonds. The van der Waals surface area contributed by atoms with Crippen LogP contribution in [-0.4, -0.2) is 0 Å². The summed E-state index contributed by atoms with van der Waals surface area (Å²) < 4.78 is 25.7. The second kappa shape index (κ2) is 3.53. The van der Waals surface area contributed by atoms with Gasteiger partial charge in [0, 0.05) is 0 Å². The highest BCUT2D eigenvalue weighted by molar-refractivity contribution is 14.1. The van der Waals surface area contributed by atoms with Crippen LogP contribution in [0.1, 0.15) is 0 Å². The summed E-state index contributed by atoms with van der Waals surface area (Å²) in [5, 5.41) is -0.0809. The van der Waals surface area contributed by atoms with Gasteiger partial charge in [0.05, 0.1) is 13.1 Å². The van der Waals surface area contributed by atoms with Crippen molar-refractivity contribution in [2.45, 2.75) is 0 Å². The molecular formula is C6HBrClF2I. The average molecular weight is 353 g/mol. The highest BCUT2D eigenvalue weighted by atomic mass is 127. The quantitative estimate of drug-likeness (QED) is 0.376. The zero-order valence-corrected chi connectivity index (χ0v) is 9.47. The van der Waals surface area contributed by atoms with Crippen LogP contribution in [0.3, 0.4) is 0 Å². The third-order valence-electron chi connectivity index (χ3n) is 1.06. The van der Waals surface area contributed by atoms with E-state index in [1.807, 2.05) is 0 Å². The molecule has 60 valence electrons. The molecule has 1 aromatic rings. The third kappa shape index (κ3) is 1.84. The number of benzene rings is 1. The minimum atomic E-state index is -0.715. The SMILES string of the molecule is Fc1c(Cl)cc(Br)c(F)c1I. The lowest BCUT2D eigenvalue weighted by Gasteiger charge is -2.00. The molecule has 0 fully saturated rings. The molecule has 0 aliphatic rings. The fourth-order valence-corrected chi connectivity index (χ4v) is 2.42. The predicted octanol–water partition coefficient (Wildman–Crippen LogP) is 3.99. The largest absolute Gasteiger partial charge is 0.204 e. The lowest BCUT2D eigenvalue weighted by Crippen LogP contribution is -1.90. The third-order valence-corrected chi connectivity index (χ3v) is 2.86. The monoisotopic (exact) mass is 352 g/mol. The van der Waals surface area contributed by atoms with Gasteiger partial charge in [-0.05, 0) is 44.6 Å². The first kappa shape index (κ1) is 9.67. The summed E-state index contributed by atoms with van der Waals surface area (Å²) in [6, 6.07) is 1.19. The van der Waals surface area contributed by atoms with E-state index in [0.29, 0.717) is 0 Å². The maximum Gasteiger partial charge on any atom is 0.158 e. The van der Waals surface area contributed by atoms with Crippen molar-refractivity contribution < 1.29 is 8.78 Å². The van der Waals surface area contributed by atoms with Crippen molar-refractivity contribution in [1.82, 2.24) is 0 Å². The van der Waals surface area contributed by atoms with Crippen LogP contribution in [0, 0.1) is 15.2 Å². The molecule has 1 rings (SSSR count). The van der Waals surface area contributed by atoms with Crippen LogP contribution < -0.4 is 0 Å². The molecule has 0 spiro atoms. The van der Waals surface area contributed by atoms with Crippen LogP contribution in [-0.2, 0) is 0 Å². The summed E-state index contributed by atoms with van der Waals surface area (Å²) in [6.07, 6.45) is 0. The van der Waals surface area contributed by atoms with E-state index in [0.717, 1.165) is 0 Å². The van der Waals surface area contributed by atoms with Crippen LogP contribution in [0.5, 0.6) is 0 Å². The van der Waals surface area contributed by atoms with Crippen molar-refractivity contribution in [2.24, 2.45) is 0 Å². The Morgan fingerprint density at radius 2 is 1.91 bits per heavy atom. The van der Waals surface area contributed by atoms with Gasteiger partial charge < -0.3 is 0 Å². The minimum absolute atomic E-state index is 0.0809. The fraction of sp³-hybridized carbons (Fsp3) is 0. The van der Waals surface area contributed by atoms with Crippen molar-refractivity contribution in [1.29, 1.82) is 0 Å². The number of hydrogen-bond donors (Lipinski definition) is 0. The fourth-order valence-electron chi connectivity index (χ4n) is 0.544. The summed E-state index contributed by atoms with van der Waals surface area (Å²) in [5.41, 5.74) is 0. The van der Waals surface area contributed by atoms with E-state index in [1.54, 1.807) is 22.6 Å². The second-order valence-electron chi connectivity index (χ2n) is 1.78. The smallest absolute Gasteiger partial charge is 0.158 e. The molecule has 0 aromatic heterocycles. The van der Waals surface area contributed by atoms with Crippen LogP contribution in [0.25, 0.3) is 0 Å². The molecule has 0 saturated carbocycles. The molecule has 0 atom stereocenters. The summed E-state index contributed by atoms with van der Waals surface area (Å²) in [4.78, 5) is 0. The van der Waals surface area contributed by atoms with E-state index >= 15 is 0 Å². The Balaban J connectivity index is 3.46. The van der Waals surface area contributed by atoms with Crippen LogP contribution in [0.15, 0.2) is 10.5 Å². The van der Waals surface area contributed by atoms with Crippen LogP contribution in [0.2, 0.25) is 5.02 Å². The van der Waals surface area contributed by atoms with Gasteiger partial charge >= 0.3 is 0 Å². The Labute approximate surface area is 89.2 Å². The molecule has 0 nitrogen and oxygen atoms in total. The van der Waals surface area contributed by atoms with Crippen molar-refractivity contribution in [2.75, 3.05) is 0 Å². The first-order chi connectivity index (χ1) is 5.04. The van der Waals surface area contributed by atoms with Gasteiger partial charge in [-0.25, -0.2) is 8.78 Å². The lowest BCUT2D eigenvalue weighted by molar-refractivity contribution is 0.566. The molecule has 1 aromatic carbocycles. The lowest BCUT2D eigenvalue weighted by atomic mass is 10.3. The number of hydrogen-bond acceptors (Lipinski definition) is 0. The molecule has 0 unspecified atom stereocenters. The Morgan fingerprint density at radius 1 is 1.36 bits per heavy atom. The van der Waals surface area contributed by atoms with E-state index < -0.39 is 11.6 Å². The second-order valence-corrected chi connectivity index (χ2v) is 4.12. The molecular weight excluding hydrogens is 352 g/mol. The van der Waals surface area contributed by atoms with Gasteiger partial charge in [0.25, 0.3) is 0 Å². The molecule has 0 N–H and O–H groups in total. The highest BCUT2D eigenvalue weighted by Gasteiger charge is 2.13. The first-order valence-corrected chi connectivity index (χ1v) is 4.77. The molecule has 0 bridgehead atoms. The summed E-state index contributed by atoms with van der Waals surface area (Å²) >= 11 is 9.87. The normalized spacial score (nSPS) is 10.3. The van der Waals surface area contributed by atoms with Crippen molar-refractivity contribution >= 4 is 50.1 Å². The van der Waals surface area contributed by atoms with E-state index in [9.17, 15) is 8.78 Å². The molecule has 0 aliphatic carbocycles. The van der Waals surface area contributed by atoms with Gasteiger partial charge in [-0.2, -0.15) is 0 Å². The summed E-state index contributed by atoms with van der Waals surface area (Å²) in [7, 11) is 0. The van der Waals surface area contributed by atoms with Crippen molar-refractivity contribution in [3.63, 3.8) is 0 Å². The first-order valence-electron chi connectivity index (χ1n) is 2.52. The van der Waals surface area contributed by atoms with Crippen molar-refractivity contribution in [3.8, 4) is 0 Å². The molecule has 0 radical (unpaired) electrons. The van der Waals surface area contributed by atoms with Gasteiger partial charge in [-0.1, -0.05) is 11.6 Å². The van der Waals surface area contributed by atoms with Crippen molar-refractivity contribution in [3.05, 3.63) is 30.8 Å². The molecule has 0 aliphatic heterocycles. The van der Waals surface area contributed by atoms with E-state index in [1.165, 1.54) is 6.07 Å². The Bertz CT molecular complexity index is 277. The summed E-state index contributed by atoms with van der Waals surface area (Å²) in [6.45, 7) is 0. The number of rotatable bonds is 0. The zero-order chi connectivity index (χ0) is 8.59. The van der Waals surface area contributed by atoms with Gasteiger partial charge in [0.2, 0.25) is 0 Å². The zero-order valence-electron chi connectivity index (χ0n) is 4.97. The Kier molecular flexibility index (Phi) is 3.10. The van der Waals surface area contributed by atoms with E-state index in [4.69, 9.17) is 11.6 Å². The molecule has 0 heterocycles. The van der Waals surface area contributed by atoms with Gasteiger partial charge in [-0.15, -0.1) is 0 Å². The molecule has 0 saturated heterocycles. The van der Waals surface area contributed by atoms with Crippen LogP contribution in [0.4, 0.5) is 8.78 Å². The Hall–Kier alpha value is 0.580. The molecule has 5 heteroatoms.